The molecule has 5 heteroatoms. The van der Waals surface area contributed by atoms with Crippen molar-refractivity contribution in [3.63, 3.8) is 0 Å². The molecule has 0 spiro atoms. The molecule has 1 aromatic heterocycles. The van der Waals surface area contributed by atoms with Gasteiger partial charge in [-0.05, 0) is 18.1 Å². The molecule has 1 aromatic carbocycles. The van der Waals surface area contributed by atoms with Gasteiger partial charge in [-0.2, -0.15) is 4.37 Å². The molecule has 0 aliphatic carbocycles. The van der Waals surface area contributed by atoms with Gasteiger partial charge < -0.3 is 5.73 Å². The van der Waals surface area contributed by atoms with Gasteiger partial charge >= 0.3 is 0 Å². The number of nitrogens with two attached hydrogens (primary N) is 1. The quantitative estimate of drug-likeness (QED) is 0.896. The number of nitrogen functional groups attached to an aromatic ring is 1. The summed E-state index contributed by atoms with van der Waals surface area (Å²) in [5.41, 5.74) is 6.61. The summed E-state index contributed by atoms with van der Waals surface area (Å²) in [5.74, 6) is 0.789. The number of hydrogen-bond donors (Lipinski definition) is 1. The van der Waals surface area contributed by atoms with Crippen molar-refractivity contribution in [1.82, 2.24) is 9.36 Å². The van der Waals surface area contributed by atoms with Gasteiger partial charge in [0, 0.05) is 23.0 Å². The largest absolute Gasteiger partial charge is 0.374 e. The normalized spacial score (nSPS) is 10.5. The van der Waals surface area contributed by atoms with Crippen molar-refractivity contribution in [1.29, 1.82) is 0 Å². The standard InChI is InChI=1S/C10H10ClN3S/c11-8-4-2-1-3-7(8)5-6-9-13-10(12)15-14-9/h1-4H,5-6H2,(H2,12,13,14). The van der Waals surface area contributed by atoms with Crippen molar-refractivity contribution < 1.29 is 0 Å². The molecular formula is C10H10ClN3S. The van der Waals surface area contributed by atoms with Gasteiger partial charge in [0.2, 0.25) is 0 Å². The minimum atomic E-state index is 0.518. The molecule has 1 heterocycles. The molecule has 78 valence electrons. The Kier molecular flexibility index (Phi) is 3.18. The maximum Gasteiger partial charge on any atom is 0.199 e. The number of hydrogen-bond acceptors (Lipinski definition) is 4. The zero-order valence-electron chi connectivity index (χ0n) is 7.98. The van der Waals surface area contributed by atoms with Gasteiger partial charge in [-0.15, -0.1) is 0 Å². The number of nitrogens with zero attached hydrogens (tertiary/aromatic N) is 2. The predicted octanol–water partition coefficient (Wildman–Crippen LogP) is 2.56. The Balaban J connectivity index is 2.02. The molecule has 2 aromatic rings. The molecule has 0 bridgehead atoms. The average Bonchev–Trinajstić information content (AvgIpc) is 2.63. The zero-order chi connectivity index (χ0) is 10.7. The minimum absolute atomic E-state index is 0.518. The molecule has 2 N–H and O–H groups in total. The molecule has 0 saturated heterocycles. The number of rotatable bonds is 3. The predicted molar refractivity (Wildman–Crippen MR) is 63.2 cm³/mol. The van der Waals surface area contributed by atoms with Crippen LogP contribution in [0, 0.1) is 0 Å². The minimum Gasteiger partial charge on any atom is -0.374 e. The van der Waals surface area contributed by atoms with Crippen LogP contribution in [-0.4, -0.2) is 9.36 Å². The Bertz CT molecular complexity index is 455. The lowest BCUT2D eigenvalue weighted by Crippen LogP contribution is -1.94. The lowest BCUT2D eigenvalue weighted by molar-refractivity contribution is 0.891. The lowest BCUT2D eigenvalue weighted by Gasteiger charge is -2.00. The van der Waals surface area contributed by atoms with Crippen LogP contribution in [0.3, 0.4) is 0 Å². The monoisotopic (exact) mass is 239 g/mol. The second-order valence-corrected chi connectivity index (χ2v) is 4.33. The van der Waals surface area contributed by atoms with Crippen LogP contribution in [0.25, 0.3) is 0 Å². The highest BCUT2D eigenvalue weighted by Crippen LogP contribution is 2.17. The van der Waals surface area contributed by atoms with Crippen LogP contribution >= 0.6 is 23.1 Å². The summed E-state index contributed by atoms with van der Waals surface area (Å²) >= 11 is 7.26. The van der Waals surface area contributed by atoms with Crippen LogP contribution in [0.5, 0.6) is 0 Å². The Morgan fingerprint density at radius 2 is 2.07 bits per heavy atom. The first-order chi connectivity index (χ1) is 7.25. The van der Waals surface area contributed by atoms with E-state index in [-0.39, 0.29) is 0 Å². The van der Waals surface area contributed by atoms with Crippen molar-refractivity contribution in [3.8, 4) is 0 Å². The molecule has 0 radical (unpaired) electrons. The van der Waals surface area contributed by atoms with Crippen LogP contribution in [0.2, 0.25) is 5.02 Å². The highest BCUT2D eigenvalue weighted by molar-refractivity contribution is 7.09. The summed E-state index contributed by atoms with van der Waals surface area (Å²) in [6.07, 6.45) is 1.62. The van der Waals surface area contributed by atoms with E-state index in [1.807, 2.05) is 24.3 Å². The maximum absolute atomic E-state index is 6.03. The summed E-state index contributed by atoms with van der Waals surface area (Å²) < 4.78 is 4.12. The van der Waals surface area contributed by atoms with Crippen molar-refractivity contribution >= 4 is 28.3 Å². The number of benzene rings is 1. The molecule has 0 saturated carbocycles. The van der Waals surface area contributed by atoms with Gasteiger partial charge in [0.15, 0.2) is 5.13 Å². The molecule has 0 aliphatic heterocycles. The van der Waals surface area contributed by atoms with Crippen LogP contribution in [0.1, 0.15) is 11.4 Å². The van der Waals surface area contributed by atoms with Gasteiger partial charge in [0.05, 0.1) is 0 Å². The Labute approximate surface area is 97.1 Å². The Morgan fingerprint density at radius 3 is 2.73 bits per heavy atom. The van der Waals surface area contributed by atoms with Crippen LogP contribution in [-0.2, 0) is 12.8 Å². The molecule has 15 heavy (non-hydrogen) atoms. The maximum atomic E-state index is 6.03. The molecule has 0 amide bonds. The highest BCUT2D eigenvalue weighted by atomic mass is 35.5. The zero-order valence-corrected chi connectivity index (χ0v) is 9.55. The first kappa shape index (κ1) is 10.4. The van der Waals surface area contributed by atoms with E-state index in [9.17, 15) is 0 Å². The number of aryl methyl sites for hydroxylation is 2. The fourth-order valence-corrected chi connectivity index (χ4v) is 2.02. The Morgan fingerprint density at radius 1 is 1.27 bits per heavy atom. The summed E-state index contributed by atoms with van der Waals surface area (Å²) in [4.78, 5) is 4.10. The molecule has 0 fully saturated rings. The molecule has 3 nitrogen and oxygen atoms in total. The van der Waals surface area contributed by atoms with E-state index in [1.165, 1.54) is 11.5 Å². The van der Waals surface area contributed by atoms with Gasteiger partial charge in [0.25, 0.3) is 0 Å². The van der Waals surface area contributed by atoms with E-state index in [4.69, 9.17) is 17.3 Å². The van der Waals surface area contributed by atoms with Crippen molar-refractivity contribution in [2.45, 2.75) is 12.8 Å². The number of aromatic nitrogens is 2. The van der Waals surface area contributed by atoms with Gasteiger partial charge in [-0.25, -0.2) is 4.98 Å². The summed E-state index contributed by atoms with van der Waals surface area (Å²) in [5, 5.41) is 1.31. The smallest absolute Gasteiger partial charge is 0.199 e. The van der Waals surface area contributed by atoms with E-state index in [1.54, 1.807) is 0 Å². The van der Waals surface area contributed by atoms with Crippen molar-refractivity contribution in [3.05, 3.63) is 40.7 Å². The summed E-state index contributed by atoms with van der Waals surface area (Å²) in [6.45, 7) is 0. The number of halogens is 1. The van der Waals surface area contributed by atoms with E-state index in [2.05, 4.69) is 9.36 Å². The summed E-state index contributed by atoms with van der Waals surface area (Å²) in [6, 6.07) is 7.80. The van der Waals surface area contributed by atoms with Crippen LogP contribution in [0.15, 0.2) is 24.3 Å². The van der Waals surface area contributed by atoms with E-state index in [0.29, 0.717) is 5.13 Å². The van der Waals surface area contributed by atoms with Gasteiger partial charge in [-0.3, -0.25) is 0 Å². The average molecular weight is 240 g/mol. The third kappa shape index (κ3) is 2.67. The first-order valence-electron chi connectivity index (χ1n) is 4.57. The Hall–Kier alpha value is -1.13. The fraction of sp³-hybridized carbons (Fsp3) is 0.200. The van der Waals surface area contributed by atoms with Gasteiger partial charge in [-0.1, -0.05) is 29.8 Å². The van der Waals surface area contributed by atoms with E-state index in [0.717, 1.165) is 29.3 Å². The van der Waals surface area contributed by atoms with E-state index >= 15 is 0 Å². The molecule has 2 rings (SSSR count). The second-order valence-electron chi connectivity index (χ2n) is 3.14. The molecular weight excluding hydrogens is 230 g/mol. The second kappa shape index (κ2) is 4.59. The third-order valence-corrected chi connectivity index (χ3v) is 3.01. The SMILES string of the molecule is Nc1nc(CCc2ccccc2Cl)ns1. The summed E-state index contributed by atoms with van der Waals surface area (Å²) in [7, 11) is 0. The van der Waals surface area contributed by atoms with Crippen molar-refractivity contribution in [2.75, 3.05) is 5.73 Å². The lowest BCUT2D eigenvalue weighted by atomic mass is 10.1. The molecule has 0 atom stereocenters. The van der Waals surface area contributed by atoms with Crippen molar-refractivity contribution in [2.24, 2.45) is 0 Å². The highest BCUT2D eigenvalue weighted by Gasteiger charge is 2.03. The number of anilines is 1. The third-order valence-electron chi connectivity index (χ3n) is 2.06. The van der Waals surface area contributed by atoms with E-state index < -0.39 is 0 Å². The first-order valence-corrected chi connectivity index (χ1v) is 5.72. The van der Waals surface area contributed by atoms with Crippen LogP contribution < -0.4 is 5.73 Å². The fourth-order valence-electron chi connectivity index (χ4n) is 1.32. The van der Waals surface area contributed by atoms with Gasteiger partial charge in [0.1, 0.15) is 5.82 Å². The molecule has 0 unspecified atom stereocenters. The molecule has 0 aliphatic rings. The topological polar surface area (TPSA) is 51.8 Å². The van der Waals surface area contributed by atoms with Crippen LogP contribution in [0.4, 0.5) is 5.13 Å².